The zero-order valence-corrected chi connectivity index (χ0v) is 23.7. The number of aromatic carboxylic acids is 1. The van der Waals surface area contributed by atoms with Crippen molar-refractivity contribution >= 4 is 28.9 Å². The lowest BCUT2D eigenvalue weighted by Crippen LogP contribution is -2.26. The van der Waals surface area contributed by atoms with Crippen molar-refractivity contribution in [1.82, 2.24) is 14.3 Å². The second-order valence-electron chi connectivity index (χ2n) is 9.63. The summed E-state index contributed by atoms with van der Waals surface area (Å²) in [5.74, 6) is 0.00594. The number of ether oxygens (including phenoxy) is 2. The van der Waals surface area contributed by atoms with Crippen LogP contribution in [0.3, 0.4) is 0 Å². The Morgan fingerprint density at radius 1 is 1.07 bits per heavy atom. The average Bonchev–Trinajstić information content (AvgIpc) is 3.34. The quantitative estimate of drug-likeness (QED) is 0.366. The highest BCUT2D eigenvalue weighted by Crippen LogP contribution is 2.34. The number of nitrogens with zero attached hydrogens (tertiary/aromatic N) is 4. The molecule has 1 aliphatic heterocycles. The molecule has 10 nitrogen and oxygen atoms in total. The topological polar surface area (TPSA) is 120 Å². The van der Waals surface area contributed by atoms with Crippen molar-refractivity contribution in [2.24, 2.45) is 4.99 Å². The van der Waals surface area contributed by atoms with Crippen LogP contribution >= 0.6 is 0 Å². The molecule has 222 valence electrons. The molecule has 0 atom stereocenters. The average molecular weight is 586 g/mol. The summed E-state index contributed by atoms with van der Waals surface area (Å²) in [7, 11) is 3.01. The molecule has 13 heteroatoms. The number of benzene rings is 1. The van der Waals surface area contributed by atoms with E-state index in [-0.39, 0.29) is 23.6 Å². The highest BCUT2D eigenvalue weighted by molar-refractivity contribution is 6.02. The van der Waals surface area contributed by atoms with Crippen molar-refractivity contribution in [3.63, 3.8) is 0 Å². The van der Waals surface area contributed by atoms with E-state index >= 15 is 0 Å². The summed E-state index contributed by atoms with van der Waals surface area (Å²) in [5, 5.41) is 16.8. The smallest absolute Gasteiger partial charge is 0.435 e. The summed E-state index contributed by atoms with van der Waals surface area (Å²) in [6.45, 7) is 5.17. The largest absolute Gasteiger partial charge is 0.497 e. The number of nitrogens with one attached hydrogen (secondary N) is 1. The number of hydrogen-bond acceptors (Lipinski definition) is 7. The van der Waals surface area contributed by atoms with Crippen LogP contribution in [0.25, 0.3) is 11.4 Å². The minimum atomic E-state index is -4.71. The molecule has 0 spiro atoms. The number of aryl methyl sites for hydroxylation is 2. The Bertz CT molecular complexity index is 1660. The Morgan fingerprint density at radius 2 is 1.74 bits per heavy atom. The normalized spacial score (nSPS) is 14.1. The fourth-order valence-corrected chi connectivity index (χ4v) is 4.45. The fourth-order valence-electron chi connectivity index (χ4n) is 4.45. The predicted octanol–water partition coefficient (Wildman–Crippen LogP) is 5.68. The molecule has 0 aliphatic carbocycles. The molecule has 0 saturated carbocycles. The van der Waals surface area contributed by atoms with E-state index in [9.17, 15) is 27.9 Å². The standard InChI is InChI=1S/C29H30F3N5O5/c1-6-36-15-18(11-23(27(36)38)28(39)40)22-9-16(2)7-8-25(33-19-12-20(41-4)14-21(13-19)42-5)34-26(22)37-17(3)10-24(35-37)29(30,31)32/h9-15H,6-8H2,1-5H3,(H,33,34)(H,39,40). The van der Waals surface area contributed by atoms with Crippen molar-refractivity contribution < 1.29 is 32.5 Å². The lowest BCUT2D eigenvalue weighted by atomic mass is 9.99. The van der Waals surface area contributed by atoms with Gasteiger partial charge in [0.25, 0.3) is 5.56 Å². The van der Waals surface area contributed by atoms with E-state index in [1.807, 2.05) is 6.92 Å². The molecular weight excluding hydrogens is 555 g/mol. The van der Waals surface area contributed by atoms with Crippen LogP contribution in [0.5, 0.6) is 11.5 Å². The number of amidine groups is 1. The first kappa shape index (κ1) is 30.2. The van der Waals surface area contributed by atoms with Gasteiger partial charge >= 0.3 is 12.1 Å². The first-order valence-corrected chi connectivity index (χ1v) is 13.0. The van der Waals surface area contributed by atoms with Crippen LogP contribution in [0.1, 0.15) is 54.0 Å². The van der Waals surface area contributed by atoms with Crippen LogP contribution in [0.2, 0.25) is 0 Å². The Morgan fingerprint density at radius 3 is 2.29 bits per heavy atom. The fraction of sp³-hybridized carbons (Fsp3) is 0.310. The van der Waals surface area contributed by atoms with E-state index in [1.54, 1.807) is 31.2 Å². The van der Waals surface area contributed by atoms with Gasteiger partial charge in [-0.05, 0) is 39.3 Å². The number of allylic oxidation sites excluding steroid dienone is 3. The van der Waals surface area contributed by atoms with Gasteiger partial charge in [-0.2, -0.15) is 18.3 Å². The molecule has 0 unspecified atom stereocenters. The number of anilines is 1. The van der Waals surface area contributed by atoms with Gasteiger partial charge in [-0.1, -0.05) is 11.6 Å². The third kappa shape index (κ3) is 6.40. The van der Waals surface area contributed by atoms with Crippen LogP contribution in [0, 0.1) is 6.92 Å². The van der Waals surface area contributed by atoms with E-state index in [2.05, 4.69) is 10.4 Å². The summed E-state index contributed by atoms with van der Waals surface area (Å²) < 4.78 is 54.1. The SMILES string of the molecule is CCn1cc(C2=C(n3nc(C(F)(F)F)cc3C)N=C(Nc3cc(OC)cc(OC)c3)CCC(C)=C2)cc(C(=O)O)c1=O. The number of methoxy groups -OCH3 is 2. The van der Waals surface area contributed by atoms with Gasteiger partial charge in [-0.3, -0.25) is 4.79 Å². The number of carbonyl (C=O) groups is 1. The highest BCUT2D eigenvalue weighted by Gasteiger charge is 2.35. The molecule has 0 radical (unpaired) electrons. The number of halogens is 3. The van der Waals surface area contributed by atoms with Crippen LogP contribution in [-0.2, 0) is 12.7 Å². The number of pyridine rings is 1. The minimum absolute atomic E-state index is 0.0112. The highest BCUT2D eigenvalue weighted by atomic mass is 19.4. The van der Waals surface area contributed by atoms with Gasteiger partial charge in [0.1, 0.15) is 22.9 Å². The van der Waals surface area contributed by atoms with E-state index < -0.39 is 29.0 Å². The number of hydrogen-bond donors (Lipinski definition) is 2. The van der Waals surface area contributed by atoms with Crippen molar-refractivity contribution in [3.8, 4) is 11.5 Å². The molecule has 0 amide bonds. The number of carboxylic acid groups (broad SMARTS) is 1. The van der Waals surface area contributed by atoms with E-state index in [0.29, 0.717) is 41.4 Å². The first-order chi connectivity index (χ1) is 19.8. The molecule has 3 aromatic rings. The van der Waals surface area contributed by atoms with Crippen molar-refractivity contribution in [2.75, 3.05) is 19.5 Å². The lowest BCUT2D eigenvalue weighted by Gasteiger charge is -2.20. The van der Waals surface area contributed by atoms with Crippen LogP contribution < -0.4 is 20.3 Å². The number of carboxylic acids is 1. The molecule has 4 rings (SSSR count). The Balaban J connectivity index is 2.03. The minimum Gasteiger partial charge on any atom is -0.497 e. The summed E-state index contributed by atoms with van der Waals surface area (Å²) in [6, 6.07) is 7.24. The maximum absolute atomic E-state index is 13.7. The van der Waals surface area contributed by atoms with Gasteiger partial charge in [-0.15, -0.1) is 0 Å². The molecule has 0 fully saturated rings. The van der Waals surface area contributed by atoms with Gasteiger partial charge in [0, 0.05) is 59.9 Å². The summed E-state index contributed by atoms with van der Waals surface area (Å²) in [6.07, 6.45) is -0.606. The molecule has 1 aliphatic rings. The second-order valence-corrected chi connectivity index (χ2v) is 9.63. The maximum Gasteiger partial charge on any atom is 0.435 e. The molecule has 2 aromatic heterocycles. The molecule has 1 aromatic carbocycles. The molecule has 3 heterocycles. The van der Waals surface area contributed by atoms with Crippen molar-refractivity contribution in [1.29, 1.82) is 0 Å². The molecular formula is C29H30F3N5O5. The van der Waals surface area contributed by atoms with Crippen molar-refractivity contribution in [2.45, 2.75) is 46.3 Å². The Kier molecular flexibility index (Phi) is 8.59. The predicted molar refractivity (Wildman–Crippen MR) is 152 cm³/mol. The van der Waals surface area contributed by atoms with E-state index in [0.717, 1.165) is 16.3 Å². The zero-order valence-electron chi connectivity index (χ0n) is 23.7. The van der Waals surface area contributed by atoms with E-state index in [4.69, 9.17) is 14.5 Å². The summed E-state index contributed by atoms with van der Waals surface area (Å²) in [5.41, 5.74) is -0.167. The zero-order chi connectivity index (χ0) is 30.8. The second kappa shape index (κ2) is 12.0. The molecule has 0 saturated heterocycles. The number of rotatable bonds is 7. The molecule has 0 bridgehead atoms. The molecule has 42 heavy (non-hydrogen) atoms. The maximum atomic E-state index is 13.7. The number of aliphatic imine (C=N–C) groups is 1. The van der Waals surface area contributed by atoms with Gasteiger partial charge < -0.3 is 24.5 Å². The summed E-state index contributed by atoms with van der Waals surface area (Å²) in [4.78, 5) is 29.4. The summed E-state index contributed by atoms with van der Waals surface area (Å²) >= 11 is 0. The van der Waals surface area contributed by atoms with Crippen LogP contribution in [0.15, 0.2) is 58.0 Å². The third-order valence-electron chi connectivity index (χ3n) is 6.62. The van der Waals surface area contributed by atoms with Gasteiger partial charge in [0.15, 0.2) is 11.5 Å². The number of alkyl halides is 3. The van der Waals surface area contributed by atoms with Gasteiger partial charge in [0.2, 0.25) is 0 Å². The van der Waals surface area contributed by atoms with Crippen LogP contribution in [0.4, 0.5) is 18.9 Å². The third-order valence-corrected chi connectivity index (χ3v) is 6.62. The van der Waals surface area contributed by atoms with Crippen LogP contribution in [-0.4, -0.2) is 45.5 Å². The number of aromatic nitrogens is 3. The first-order valence-electron chi connectivity index (χ1n) is 13.0. The molecule has 2 N–H and O–H groups in total. The van der Waals surface area contributed by atoms with Gasteiger partial charge in [-0.25, -0.2) is 14.5 Å². The van der Waals surface area contributed by atoms with Crippen molar-refractivity contribution in [3.05, 3.63) is 81.0 Å². The van der Waals surface area contributed by atoms with E-state index in [1.165, 1.54) is 38.0 Å². The Labute approximate surface area is 239 Å². The lowest BCUT2D eigenvalue weighted by molar-refractivity contribution is -0.141. The Hall–Kier alpha value is -4.81. The van der Waals surface area contributed by atoms with Gasteiger partial charge in [0.05, 0.1) is 14.2 Å². The monoisotopic (exact) mass is 585 g/mol.